The summed E-state index contributed by atoms with van der Waals surface area (Å²) in [7, 11) is 0. The maximum absolute atomic E-state index is 13.5. The third kappa shape index (κ3) is 4.19. The van der Waals surface area contributed by atoms with Gasteiger partial charge >= 0.3 is 0 Å². The van der Waals surface area contributed by atoms with Crippen LogP contribution in [0.5, 0.6) is 0 Å². The summed E-state index contributed by atoms with van der Waals surface area (Å²) >= 11 is 0. The zero-order valence-electron chi connectivity index (χ0n) is 17.0. The molecule has 0 aliphatic carbocycles. The van der Waals surface area contributed by atoms with Gasteiger partial charge in [0.2, 0.25) is 0 Å². The standard InChI is InChI=1S/C24H22F2N4O/c25-20-5-1-17(2-6-20)22-15-27-30-16-19(9-10-29-11-13-31-14-12-29)23(28-24(22)30)18-3-7-21(26)8-4-18/h1-8,15-16H,9-14H2/p+1. The quantitative estimate of drug-likeness (QED) is 0.539. The van der Waals surface area contributed by atoms with Crippen LogP contribution >= 0.6 is 0 Å². The number of nitrogens with zero attached hydrogens (tertiary/aromatic N) is 3. The van der Waals surface area contributed by atoms with Crippen molar-refractivity contribution in [2.24, 2.45) is 0 Å². The number of hydrogen-bond acceptors (Lipinski definition) is 3. The first-order valence-corrected chi connectivity index (χ1v) is 10.5. The molecule has 1 aliphatic heterocycles. The molecule has 0 spiro atoms. The van der Waals surface area contributed by atoms with Crippen molar-refractivity contribution >= 4 is 5.65 Å². The second kappa shape index (κ2) is 8.53. The molecule has 5 rings (SSSR count). The molecule has 1 fully saturated rings. The van der Waals surface area contributed by atoms with Crippen LogP contribution in [-0.2, 0) is 11.2 Å². The first kappa shape index (κ1) is 19.8. The van der Waals surface area contributed by atoms with Gasteiger partial charge in [-0.05, 0) is 42.0 Å². The van der Waals surface area contributed by atoms with E-state index in [1.165, 1.54) is 29.2 Å². The summed E-state index contributed by atoms with van der Waals surface area (Å²) in [5.41, 5.74) is 5.11. The summed E-state index contributed by atoms with van der Waals surface area (Å²) in [6.45, 7) is 4.54. The van der Waals surface area contributed by atoms with E-state index in [1.54, 1.807) is 35.0 Å². The van der Waals surface area contributed by atoms with Gasteiger partial charge in [-0.2, -0.15) is 5.10 Å². The number of ether oxygens (including phenoxy) is 1. The predicted molar refractivity (Wildman–Crippen MR) is 114 cm³/mol. The number of rotatable bonds is 5. The Morgan fingerprint density at radius 2 is 1.55 bits per heavy atom. The summed E-state index contributed by atoms with van der Waals surface area (Å²) in [5, 5.41) is 4.50. The number of aromatic nitrogens is 3. The molecule has 1 aliphatic rings. The maximum Gasteiger partial charge on any atom is 0.163 e. The molecule has 4 aromatic rings. The van der Waals surface area contributed by atoms with Crippen LogP contribution in [0.1, 0.15) is 5.56 Å². The monoisotopic (exact) mass is 421 g/mol. The van der Waals surface area contributed by atoms with E-state index in [4.69, 9.17) is 9.72 Å². The third-order valence-corrected chi connectivity index (χ3v) is 5.79. The minimum atomic E-state index is -0.284. The molecular formula is C24H23F2N4O+. The van der Waals surface area contributed by atoms with E-state index >= 15 is 0 Å². The largest absolute Gasteiger partial charge is 0.370 e. The van der Waals surface area contributed by atoms with E-state index in [0.29, 0.717) is 5.65 Å². The number of quaternary nitrogens is 1. The van der Waals surface area contributed by atoms with Crippen LogP contribution in [0, 0.1) is 11.6 Å². The van der Waals surface area contributed by atoms with E-state index in [2.05, 4.69) is 5.10 Å². The lowest BCUT2D eigenvalue weighted by Gasteiger charge is -2.24. The van der Waals surface area contributed by atoms with Gasteiger partial charge in [0.15, 0.2) is 5.65 Å². The second-order valence-corrected chi connectivity index (χ2v) is 7.82. The molecule has 158 valence electrons. The summed E-state index contributed by atoms with van der Waals surface area (Å²) in [5.74, 6) is -0.562. The normalized spacial score (nSPS) is 14.9. The first-order chi connectivity index (χ1) is 15.2. The predicted octanol–water partition coefficient (Wildman–Crippen LogP) is 2.80. The summed E-state index contributed by atoms with van der Waals surface area (Å²) < 4.78 is 34.1. The van der Waals surface area contributed by atoms with E-state index in [0.717, 1.165) is 67.2 Å². The zero-order chi connectivity index (χ0) is 21.2. The highest BCUT2D eigenvalue weighted by molar-refractivity contribution is 5.79. The molecular weight excluding hydrogens is 398 g/mol. The Morgan fingerprint density at radius 3 is 2.23 bits per heavy atom. The Labute approximate surface area is 178 Å². The maximum atomic E-state index is 13.5. The topological polar surface area (TPSA) is 43.9 Å². The lowest BCUT2D eigenvalue weighted by molar-refractivity contribution is -0.907. The molecule has 3 heterocycles. The Balaban J connectivity index is 1.56. The molecule has 2 aromatic carbocycles. The highest BCUT2D eigenvalue weighted by Gasteiger charge is 2.18. The molecule has 0 saturated carbocycles. The van der Waals surface area contributed by atoms with Gasteiger partial charge in [-0.25, -0.2) is 18.3 Å². The summed E-state index contributed by atoms with van der Waals surface area (Å²) in [6, 6.07) is 12.7. The van der Waals surface area contributed by atoms with Crippen molar-refractivity contribution in [3.05, 3.63) is 78.1 Å². The van der Waals surface area contributed by atoms with E-state index in [1.807, 2.05) is 6.20 Å². The van der Waals surface area contributed by atoms with Gasteiger partial charge in [-0.3, -0.25) is 0 Å². The number of hydrogen-bond donors (Lipinski definition) is 1. The molecule has 31 heavy (non-hydrogen) atoms. The molecule has 5 nitrogen and oxygen atoms in total. The van der Waals surface area contributed by atoms with Crippen LogP contribution in [-0.4, -0.2) is 47.4 Å². The molecule has 1 N–H and O–H groups in total. The SMILES string of the molecule is Fc1ccc(-c2nc3c(-c4ccc(F)cc4)cnn3cc2CC[NH+]2CCOCC2)cc1. The van der Waals surface area contributed by atoms with Crippen LogP contribution < -0.4 is 4.90 Å². The van der Waals surface area contributed by atoms with Gasteiger partial charge in [-0.1, -0.05) is 12.1 Å². The fourth-order valence-electron chi connectivity index (χ4n) is 4.04. The molecule has 0 bridgehead atoms. The van der Waals surface area contributed by atoms with E-state index < -0.39 is 0 Å². The van der Waals surface area contributed by atoms with E-state index in [-0.39, 0.29) is 11.6 Å². The van der Waals surface area contributed by atoms with Crippen molar-refractivity contribution in [2.45, 2.75) is 6.42 Å². The Morgan fingerprint density at radius 1 is 0.903 bits per heavy atom. The van der Waals surface area contributed by atoms with E-state index in [9.17, 15) is 8.78 Å². The van der Waals surface area contributed by atoms with Crippen LogP contribution in [0.25, 0.3) is 28.0 Å². The Hall–Kier alpha value is -3.16. The van der Waals surface area contributed by atoms with Gasteiger partial charge in [0.05, 0.1) is 31.6 Å². The average molecular weight is 421 g/mol. The molecule has 7 heteroatoms. The van der Waals surface area contributed by atoms with Gasteiger partial charge in [0, 0.05) is 29.3 Å². The molecule has 0 radical (unpaired) electrons. The lowest BCUT2D eigenvalue weighted by Crippen LogP contribution is -3.14. The minimum absolute atomic E-state index is 0.277. The smallest absolute Gasteiger partial charge is 0.163 e. The number of benzene rings is 2. The second-order valence-electron chi connectivity index (χ2n) is 7.82. The van der Waals surface area contributed by atoms with Gasteiger partial charge in [0.1, 0.15) is 24.7 Å². The van der Waals surface area contributed by atoms with Crippen molar-refractivity contribution in [2.75, 3.05) is 32.8 Å². The first-order valence-electron chi connectivity index (χ1n) is 10.5. The molecule has 0 unspecified atom stereocenters. The number of fused-ring (bicyclic) bond motifs is 1. The third-order valence-electron chi connectivity index (χ3n) is 5.79. The van der Waals surface area contributed by atoms with Crippen molar-refractivity contribution in [1.82, 2.24) is 14.6 Å². The van der Waals surface area contributed by atoms with Crippen LogP contribution in [0.15, 0.2) is 60.9 Å². The van der Waals surface area contributed by atoms with Gasteiger partial charge in [-0.15, -0.1) is 0 Å². The summed E-state index contributed by atoms with van der Waals surface area (Å²) in [4.78, 5) is 6.45. The zero-order valence-corrected chi connectivity index (χ0v) is 17.0. The van der Waals surface area contributed by atoms with Gasteiger partial charge in [0.25, 0.3) is 0 Å². The van der Waals surface area contributed by atoms with Crippen LogP contribution in [0.2, 0.25) is 0 Å². The molecule has 1 saturated heterocycles. The lowest BCUT2D eigenvalue weighted by atomic mass is 10.0. The number of halogens is 2. The fraction of sp³-hybridized carbons (Fsp3) is 0.250. The van der Waals surface area contributed by atoms with Gasteiger partial charge < -0.3 is 9.64 Å². The minimum Gasteiger partial charge on any atom is -0.370 e. The highest BCUT2D eigenvalue weighted by Crippen LogP contribution is 2.28. The van der Waals surface area contributed by atoms with Crippen molar-refractivity contribution in [3.8, 4) is 22.4 Å². The summed E-state index contributed by atoms with van der Waals surface area (Å²) in [6.07, 6.45) is 4.59. The van der Waals surface area contributed by atoms with Crippen molar-refractivity contribution in [1.29, 1.82) is 0 Å². The Bertz CT molecular complexity index is 1180. The fourth-order valence-corrected chi connectivity index (χ4v) is 4.04. The molecule has 0 amide bonds. The Kier molecular flexibility index (Phi) is 5.44. The molecule has 2 aromatic heterocycles. The highest BCUT2D eigenvalue weighted by atomic mass is 19.1. The average Bonchev–Trinajstić information content (AvgIpc) is 3.22. The van der Waals surface area contributed by atoms with Crippen molar-refractivity contribution in [3.63, 3.8) is 0 Å². The molecule has 0 atom stereocenters. The van der Waals surface area contributed by atoms with Crippen molar-refractivity contribution < 1.29 is 18.4 Å². The number of nitrogens with one attached hydrogen (secondary N) is 1. The number of morpholine rings is 1. The van der Waals surface area contributed by atoms with Crippen LogP contribution in [0.3, 0.4) is 0 Å². The van der Waals surface area contributed by atoms with Crippen LogP contribution in [0.4, 0.5) is 8.78 Å².